The number of aromatic nitrogens is 1. The summed E-state index contributed by atoms with van der Waals surface area (Å²) in [7, 11) is -2.25. The first-order valence-electron chi connectivity index (χ1n) is 11.3. The predicted octanol–water partition coefficient (Wildman–Crippen LogP) is 5.08. The molecule has 1 amide bonds. The van der Waals surface area contributed by atoms with E-state index in [0.717, 1.165) is 28.9 Å². The molecule has 182 valence electrons. The number of nitrogens with zero attached hydrogens (tertiary/aromatic N) is 3. The molecule has 0 aliphatic heterocycles. The molecule has 0 saturated carbocycles. The number of thiazole rings is 1. The molecule has 0 spiro atoms. The molecule has 1 aromatic heterocycles. The van der Waals surface area contributed by atoms with Crippen molar-refractivity contribution in [3.05, 3.63) is 83.2 Å². The van der Waals surface area contributed by atoms with Crippen LogP contribution in [0.1, 0.15) is 30.6 Å². The monoisotopic (exact) mass is 509 g/mol. The average Bonchev–Trinajstić information content (AvgIpc) is 3.20. The van der Waals surface area contributed by atoms with Gasteiger partial charge in [-0.3, -0.25) is 9.10 Å². The van der Waals surface area contributed by atoms with Crippen LogP contribution >= 0.6 is 11.3 Å². The van der Waals surface area contributed by atoms with E-state index in [9.17, 15) is 13.2 Å². The van der Waals surface area contributed by atoms with E-state index in [4.69, 9.17) is 4.74 Å². The van der Waals surface area contributed by atoms with Gasteiger partial charge in [-0.1, -0.05) is 36.5 Å². The first kappa shape index (κ1) is 24.7. The standard InChI is InChI=1S/C26H27N3O4S2/c1-4-17-29-23-16-13-21(33-5-2)18-24(23)34-26(29)27-25(30)19-11-14-22(15-12-19)35(31,32)28(3)20-9-7-6-8-10-20/h6-16,18H,4-5,17H2,1-3H3. The van der Waals surface area contributed by atoms with Crippen LogP contribution in [0.3, 0.4) is 0 Å². The summed E-state index contributed by atoms with van der Waals surface area (Å²) in [5.41, 5.74) is 1.87. The summed E-state index contributed by atoms with van der Waals surface area (Å²) in [4.78, 5) is 18.1. The van der Waals surface area contributed by atoms with Gasteiger partial charge >= 0.3 is 0 Å². The van der Waals surface area contributed by atoms with Crippen LogP contribution in [0.4, 0.5) is 5.69 Å². The van der Waals surface area contributed by atoms with Gasteiger partial charge in [-0.15, -0.1) is 0 Å². The number of sulfonamides is 1. The molecule has 4 rings (SSSR count). The van der Waals surface area contributed by atoms with Gasteiger partial charge in [-0.25, -0.2) is 8.42 Å². The first-order valence-corrected chi connectivity index (χ1v) is 13.6. The third kappa shape index (κ3) is 5.16. The summed E-state index contributed by atoms with van der Waals surface area (Å²) >= 11 is 1.43. The highest BCUT2D eigenvalue weighted by molar-refractivity contribution is 7.92. The smallest absolute Gasteiger partial charge is 0.279 e. The third-order valence-electron chi connectivity index (χ3n) is 5.49. The normalized spacial score (nSPS) is 12.1. The van der Waals surface area contributed by atoms with Crippen LogP contribution in [0.2, 0.25) is 0 Å². The van der Waals surface area contributed by atoms with Crippen molar-refractivity contribution in [2.24, 2.45) is 4.99 Å². The number of aryl methyl sites for hydroxylation is 1. The number of amides is 1. The number of fused-ring (bicyclic) bond motifs is 1. The summed E-state index contributed by atoms with van der Waals surface area (Å²) < 4.78 is 35.8. The fourth-order valence-electron chi connectivity index (χ4n) is 3.69. The highest BCUT2D eigenvalue weighted by Crippen LogP contribution is 2.24. The van der Waals surface area contributed by atoms with Gasteiger partial charge in [-0.2, -0.15) is 4.99 Å². The van der Waals surface area contributed by atoms with Crippen LogP contribution < -0.4 is 13.8 Å². The molecule has 9 heteroatoms. The Morgan fingerprint density at radius 3 is 2.40 bits per heavy atom. The fourth-order valence-corrected chi connectivity index (χ4v) is 5.97. The van der Waals surface area contributed by atoms with E-state index >= 15 is 0 Å². The van der Waals surface area contributed by atoms with Crippen molar-refractivity contribution in [1.82, 2.24) is 4.57 Å². The molecule has 0 unspecified atom stereocenters. The van der Waals surface area contributed by atoms with Gasteiger partial charge in [0.2, 0.25) is 0 Å². The number of ether oxygens (including phenoxy) is 1. The maximum Gasteiger partial charge on any atom is 0.279 e. The topological polar surface area (TPSA) is 81.0 Å². The van der Waals surface area contributed by atoms with E-state index < -0.39 is 15.9 Å². The van der Waals surface area contributed by atoms with Crippen LogP contribution in [0, 0.1) is 0 Å². The Hall–Kier alpha value is -3.43. The second kappa shape index (κ2) is 10.5. The molecular formula is C26H27N3O4S2. The number of benzene rings is 3. The molecule has 1 heterocycles. The second-order valence-electron chi connectivity index (χ2n) is 7.85. The van der Waals surface area contributed by atoms with Crippen molar-refractivity contribution in [1.29, 1.82) is 0 Å². The summed E-state index contributed by atoms with van der Waals surface area (Å²) in [5, 5.41) is 0. The maximum absolute atomic E-state index is 13.0. The Morgan fingerprint density at radius 1 is 1.03 bits per heavy atom. The summed E-state index contributed by atoms with van der Waals surface area (Å²) in [6.45, 7) is 5.31. The van der Waals surface area contributed by atoms with Crippen molar-refractivity contribution in [3.8, 4) is 5.75 Å². The van der Waals surface area contributed by atoms with Crippen molar-refractivity contribution >= 4 is 43.2 Å². The van der Waals surface area contributed by atoms with Gasteiger partial charge in [0.1, 0.15) is 5.75 Å². The fraction of sp³-hybridized carbons (Fsp3) is 0.231. The Morgan fingerprint density at radius 2 is 1.74 bits per heavy atom. The summed E-state index contributed by atoms with van der Waals surface area (Å²) in [6, 6.07) is 20.6. The van der Waals surface area contributed by atoms with E-state index in [1.807, 2.05) is 35.8 Å². The molecule has 0 aliphatic carbocycles. The van der Waals surface area contributed by atoms with E-state index in [1.165, 1.54) is 47.0 Å². The van der Waals surface area contributed by atoms with E-state index in [-0.39, 0.29) is 4.90 Å². The molecular weight excluding hydrogens is 482 g/mol. The minimum absolute atomic E-state index is 0.103. The van der Waals surface area contributed by atoms with Crippen LogP contribution in [0.15, 0.2) is 82.7 Å². The lowest BCUT2D eigenvalue weighted by atomic mass is 10.2. The third-order valence-corrected chi connectivity index (χ3v) is 8.33. The number of hydrogen-bond donors (Lipinski definition) is 0. The highest BCUT2D eigenvalue weighted by atomic mass is 32.2. The Kier molecular flexibility index (Phi) is 7.37. The average molecular weight is 510 g/mol. The van der Waals surface area contributed by atoms with Crippen molar-refractivity contribution < 1.29 is 17.9 Å². The lowest BCUT2D eigenvalue weighted by molar-refractivity contribution is 0.0997. The SMILES string of the molecule is CCCn1c(=NC(=O)c2ccc(S(=O)(=O)N(C)c3ccccc3)cc2)sc2cc(OCC)ccc21. The molecule has 35 heavy (non-hydrogen) atoms. The van der Waals surface area contributed by atoms with Crippen molar-refractivity contribution in [2.45, 2.75) is 31.7 Å². The molecule has 0 bridgehead atoms. The molecule has 0 aliphatic rings. The van der Waals surface area contributed by atoms with Gasteiger partial charge in [0.15, 0.2) is 4.80 Å². The number of carbonyl (C=O) groups excluding carboxylic acids is 1. The number of rotatable bonds is 8. The zero-order valence-electron chi connectivity index (χ0n) is 19.8. The Labute approximate surface area is 209 Å². The Bertz CT molecular complexity index is 1510. The highest BCUT2D eigenvalue weighted by Gasteiger charge is 2.21. The quantitative estimate of drug-likeness (QED) is 0.332. The molecule has 3 aromatic carbocycles. The van der Waals surface area contributed by atoms with Gasteiger partial charge in [0.05, 0.1) is 27.4 Å². The van der Waals surface area contributed by atoms with E-state index in [0.29, 0.717) is 22.7 Å². The maximum atomic E-state index is 13.0. The molecule has 0 saturated heterocycles. The molecule has 0 radical (unpaired) electrons. The lowest BCUT2D eigenvalue weighted by Gasteiger charge is -2.19. The molecule has 0 N–H and O–H groups in total. The minimum Gasteiger partial charge on any atom is -0.494 e. The van der Waals surface area contributed by atoms with Crippen molar-refractivity contribution in [2.75, 3.05) is 18.0 Å². The zero-order chi connectivity index (χ0) is 25.0. The zero-order valence-corrected chi connectivity index (χ0v) is 21.5. The number of anilines is 1. The van der Waals surface area contributed by atoms with Crippen LogP contribution in [-0.4, -0.2) is 32.5 Å². The molecule has 0 atom stereocenters. The lowest BCUT2D eigenvalue weighted by Crippen LogP contribution is -2.26. The Balaban J connectivity index is 1.65. The molecule has 0 fully saturated rings. The van der Waals surface area contributed by atoms with E-state index in [2.05, 4.69) is 11.9 Å². The number of carbonyl (C=O) groups is 1. The van der Waals surface area contributed by atoms with Crippen LogP contribution in [-0.2, 0) is 16.6 Å². The largest absolute Gasteiger partial charge is 0.494 e. The second-order valence-corrected chi connectivity index (χ2v) is 10.8. The molecule has 4 aromatic rings. The molecule has 7 nitrogen and oxygen atoms in total. The van der Waals surface area contributed by atoms with Gasteiger partial charge in [0.25, 0.3) is 15.9 Å². The minimum atomic E-state index is -3.76. The van der Waals surface area contributed by atoms with Gasteiger partial charge in [0, 0.05) is 19.2 Å². The van der Waals surface area contributed by atoms with Gasteiger partial charge in [-0.05, 0) is 67.9 Å². The number of hydrogen-bond acceptors (Lipinski definition) is 5. The van der Waals surface area contributed by atoms with Crippen LogP contribution in [0.5, 0.6) is 5.75 Å². The van der Waals surface area contributed by atoms with Gasteiger partial charge < -0.3 is 9.30 Å². The first-order chi connectivity index (χ1) is 16.8. The summed E-state index contributed by atoms with van der Waals surface area (Å²) in [5.74, 6) is 0.354. The number of para-hydroxylation sites is 1. The van der Waals surface area contributed by atoms with E-state index in [1.54, 1.807) is 24.3 Å². The predicted molar refractivity (Wildman–Crippen MR) is 140 cm³/mol. The summed E-state index contributed by atoms with van der Waals surface area (Å²) in [6.07, 6.45) is 0.891. The van der Waals surface area contributed by atoms with Crippen LogP contribution in [0.25, 0.3) is 10.2 Å². The van der Waals surface area contributed by atoms with Crippen molar-refractivity contribution in [3.63, 3.8) is 0 Å².